The van der Waals surface area contributed by atoms with E-state index in [2.05, 4.69) is 105 Å². The van der Waals surface area contributed by atoms with Crippen molar-refractivity contribution in [3.8, 4) is 73.3 Å². The highest BCUT2D eigenvalue weighted by molar-refractivity contribution is 5.82. The Hall–Kier alpha value is -5.87. The number of ether oxygens (including phenoxy) is 1. The van der Waals surface area contributed by atoms with Crippen LogP contribution in [0.1, 0.15) is 19.4 Å². The van der Waals surface area contributed by atoms with Crippen molar-refractivity contribution in [2.45, 2.75) is 19.4 Å². The van der Waals surface area contributed by atoms with Crippen molar-refractivity contribution >= 4 is 0 Å². The molecule has 0 N–H and O–H groups in total. The number of nitrogens with zero attached hydrogens (tertiary/aromatic N) is 3. The van der Waals surface area contributed by atoms with Crippen molar-refractivity contribution in [3.05, 3.63) is 157 Å². The largest absolute Gasteiger partial charge is 0.482 e. The summed E-state index contributed by atoms with van der Waals surface area (Å²) >= 11 is 0. The summed E-state index contributed by atoms with van der Waals surface area (Å²) in [6, 6.07) is 52.3. The normalized spacial score (nSPS) is 12.9. The topological polar surface area (TPSA) is 47.9 Å². The van der Waals surface area contributed by atoms with Gasteiger partial charge in [-0.15, -0.1) is 0 Å². The Labute approximate surface area is 269 Å². The minimum absolute atomic E-state index is 0.402. The molecular weight excluding hydrogens is 562 g/mol. The van der Waals surface area contributed by atoms with E-state index in [0.29, 0.717) is 17.5 Å². The zero-order chi connectivity index (χ0) is 31.1. The lowest BCUT2D eigenvalue weighted by molar-refractivity contribution is 0.106. The highest BCUT2D eigenvalue weighted by atomic mass is 16.5. The molecule has 7 aromatic rings. The fourth-order valence-corrected chi connectivity index (χ4v) is 6.24. The molecule has 4 nitrogen and oxygen atoms in total. The molecule has 0 atom stereocenters. The number of benzene rings is 6. The van der Waals surface area contributed by atoms with Gasteiger partial charge in [0.2, 0.25) is 0 Å². The van der Waals surface area contributed by atoms with E-state index >= 15 is 0 Å². The Morgan fingerprint density at radius 2 is 0.848 bits per heavy atom. The van der Waals surface area contributed by atoms with Gasteiger partial charge in [-0.1, -0.05) is 133 Å². The van der Waals surface area contributed by atoms with Gasteiger partial charge in [-0.2, -0.15) is 0 Å². The van der Waals surface area contributed by atoms with Crippen LogP contribution in [0.5, 0.6) is 5.75 Å². The molecule has 8 rings (SSSR count). The molecule has 0 fully saturated rings. The first-order valence-corrected chi connectivity index (χ1v) is 15.5. The van der Waals surface area contributed by atoms with Crippen LogP contribution in [0.3, 0.4) is 0 Å². The maximum Gasteiger partial charge on any atom is 0.164 e. The van der Waals surface area contributed by atoms with Gasteiger partial charge in [0.05, 0.1) is 0 Å². The Morgan fingerprint density at radius 3 is 1.46 bits per heavy atom. The van der Waals surface area contributed by atoms with Crippen LogP contribution >= 0.6 is 0 Å². The minimum Gasteiger partial charge on any atom is -0.482 e. The van der Waals surface area contributed by atoms with Crippen molar-refractivity contribution in [2.75, 3.05) is 0 Å². The van der Waals surface area contributed by atoms with Crippen LogP contribution in [0.4, 0.5) is 0 Å². The third kappa shape index (κ3) is 5.14. The third-order valence-corrected chi connectivity index (χ3v) is 8.56. The van der Waals surface area contributed by atoms with Crippen LogP contribution in [0, 0.1) is 0 Å². The van der Waals surface area contributed by atoms with Gasteiger partial charge in [0, 0.05) is 27.8 Å². The van der Waals surface area contributed by atoms with Crippen molar-refractivity contribution in [2.24, 2.45) is 0 Å². The summed E-state index contributed by atoms with van der Waals surface area (Å²) < 4.78 is 6.55. The van der Waals surface area contributed by atoms with Crippen LogP contribution in [-0.2, 0) is 5.60 Å². The highest BCUT2D eigenvalue weighted by Gasteiger charge is 2.32. The molecule has 2 heterocycles. The summed E-state index contributed by atoms with van der Waals surface area (Å²) in [6.45, 7) is 4.26. The molecule has 0 saturated carbocycles. The molecule has 0 bridgehead atoms. The molecule has 1 aromatic heterocycles. The Bertz CT molecular complexity index is 2150. The van der Waals surface area contributed by atoms with E-state index in [0.717, 1.165) is 50.3 Å². The minimum atomic E-state index is -0.402. The molecular formula is C42H31N3O. The molecule has 6 aromatic carbocycles. The predicted octanol–water partition coefficient (Wildman–Crippen LogP) is 10.5. The van der Waals surface area contributed by atoms with E-state index in [1.54, 1.807) is 0 Å². The zero-order valence-electron chi connectivity index (χ0n) is 25.7. The Balaban J connectivity index is 1.17. The van der Waals surface area contributed by atoms with E-state index in [9.17, 15) is 0 Å². The van der Waals surface area contributed by atoms with E-state index < -0.39 is 5.60 Å². The molecule has 0 radical (unpaired) electrons. The van der Waals surface area contributed by atoms with Crippen molar-refractivity contribution in [3.63, 3.8) is 0 Å². The average molecular weight is 594 g/mol. The molecule has 0 saturated heterocycles. The van der Waals surface area contributed by atoms with E-state index in [-0.39, 0.29) is 0 Å². The van der Waals surface area contributed by atoms with Gasteiger partial charge >= 0.3 is 0 Å². The first kappa shape index (κ1) is 27.7. The molecule has 1 aliphatic heterocycles. The van der Waals surface area contributed by atoms with Crippen molar-refractivity contribution in [1.82, 2.24) is 15.0 Å². The fraction of sp³-hybridized carbons (Fsp3) is 0.0714. The SMILES string of the molecule is CC1(C)Oc2cc(-c3cccc(-c4cccc(-c5nc(-c6ccccc6)nc(-c6ccccc6)n5)c4)c3)ccc2-c2ccccc21. The fourth-order valence-electron chi connectivity index (χ4n) is 6.24. The Kier molecular flexibility index (Phi) is 6.76. The van der Waals surface area contributed by atoms with E-state index in [1.165, 1.54) is 11.1 Å². The smallest absolute Gasteiger partial charge is 0.164 e. The zero-order valence-corrected chi connectivity index (χ0v) is 25.7. The molecule has 1 aliphatic rings. The number of aromatic nitrogens is 3. The summed E-state index contributed by atoms with van der Waals surface area (Å²) in [5.74, 6) is 2.85. The average Bonchev–Trinajstić information content (AvgIpc) is 3.12. The van der Waals surface area contributed by atoms with Crippen molar-refractivity contribution in [1.29, 1.82) is 0 Å². The molecule has 220 valence electrons. The van der Waals surface area contributed by atoms with Gasteiger partial charge < -0.3 is 4.74 Å². The Morgan fingerprint density at radius 1 is 0.391 bits per heavy atom. The lowest BCUT2D eigenvalue weighted by Gasteiger charge is -2.35. The number of hydrogen-bond acceptors (Lipinski definition) is 4. The number of fused-ring (bicyclic) bond motifs is 3. The van der Waals surface area contributed by atoms with Crippen molar-refractivity contribution < 1.29 is 4.74 Å². The standard InChI is InChI=1S/C42H31N3O/c1-42(2)37-22-10-9-21-35(37)36-24-23-33(27-38(36)46-42)31-18-11-17-30(25-31)32-19-12-20-34(26-32)41-44-39(28-13-5-3-6-14-28)43-40(45-41)29-15-7-4-8-16-29/h3-27H,1-2H3. The second kappa shape index (κ2) is 11.2. The monoisotopic (exact) mass is 593 g/mol. The van der Waals surface area contributed by atoms with Gasteiger partial charge in [-0.25, -0.2) is 15.0 Å². The third-order valence-electron chi connectivity index (χ3n) is 8.56. The van der Waals surface area contributed by atoms with Crippen LogP contribution in [0.25, 0.3) is 67.5 Å². The summed E-state index contributed by atoms with van der Waals surface area (Å²) in [6.07, 6.45) is 0. The van der Waals surface area contributed by atoms with Crippen LogP contribution < -0.4 is 4.74 Å². The second-order valence-electron chi connectivity index (χ2n) is 12.1. The van der Waals surface area contributed by atoms with E-state index in [4.69, 9.17) is 19.7 Å². The molecule has 46 heavy (non-hydrogen) atoms. The van der Waals surface area contributed by atoms with Crippen LogP contribution in [-0.4, -0.2) is 15.0 Å². The van der Waals surface area contributed by atoms with Crippen LogP contribution in [0.2, 0.25) is 0 Å². The van der Waals surface area contributed by atoms with Gasteiger partial charge in [-0.05, 0) is 59.9 Å². The summed E-state index contributed by atoms with van der Waals surface area (Å²) in [7, 11) is 0. The number of hydrogen-bond donors (Lipinski definition) is 0. The predicted molar refractivity (Wildman–Crippen MR) is 186 cm³/mol. The molecule has 4 heteroatoms. The summed E-state index contributed by atoms with van der Waals surface area (Å²) in [5.41, 5.74) is 10.5. The maximum atomic E-state index is 6.55. The maximum absolute atomic E-state index is 6.55. The number of rotatable bonds is 5. The first-order valence-electron chi connectivity index (χ1n) is 15.5. The molecule has 0 unspecified atom stereocenters. The van der Waals surface area contributed by atoms with Gasteiger partial charge in [-0.3, -0.25) is 0 Å². The quantitative estimate of drug-likeness (QED) is 0.199. The van der Waals surface area contributed by atoms with E-state index in [1.807, 2.05) is 60.7 Å². The van der Waals surface area contributed by atoms with Crippen LogP contribution in [0.15, 0.2) is 152 Å². The highest BCUT2D eigenvalue weighted by Crippen LogP contribution is 2.46. The first-order chi connectivity index (χ1) is 22.5. The lowest BCUT2D eigenvalue weighted by Crippen LogP contribution is -2.29. The lowest BCUT2D eigenvalue weighted by atomic mass is 9.85. The molecule has 0 spiro atoms. The second-order valence-corrected chi connectivity index (χ2v) is 12.1. The summed E-state index contributed by atoms with van der Waals surface area (Å²) in [4.78, 5) is 14.7. The molecule has 0 aliphatic carbocycles. The summed E-state index contributed by atoms with van der Waals surface area (Å²) in [5, 5.41) is 0. The van der Waals surface area contributed by atoms with Gasteiger partial charge in [0.1, 0.15) is 11.4 Å². The van der Waals surface area contributed by atoms with Gasteiger partial charge in [0.25, 0.3) is 0 Å². The molecule has 0 amide bonds. The van der Waals surface area contributed by atoms with Gasteiger partial charge in [0.15, 0.2) is 17.5 Å².